The first-order chi connectivity index (χ1) is 27.6. The van der Waals surface area contributed by atoms with Crippen molar-refractivity contribution < 1.29 is 28.9 Å². The zero-order chi connectivity index (χ0) is 40.7. The van der Waals surface area contributed by atoms with Gasteiger partial charge in [0.1, 0.15) is 23.7 Å². The SMILES string of the molecule is Cc1c(-c2cccnc2C(=O)OC(C)(C)C)c(-c2ccc3c(c2)N(C(=O)Nc2nc4ccccc4s2)CCO3)nn1CC12CC3(C)CC(C)(C1)CC(OCCO)(C3)C2. The van der Waals surface area contributed by atoms with Crippen LogP contribution in [0.2, 0.25) is 0 Å². The van der Waals surface area contributed by atoms with Crippen LogP contribution in [0.15, 0.2) is 60.8 Å². The third-order valence-corrected chi connectivity index (χ3v) is 13.3. The van der Waals surface area contributed by atoms with Crippen molar-refractivity contribution in [2.45, 2.75) is 97.8 Å². The second-order valence-electron chi connectivity index (χ2n) is 18.9. The van der Waals surface area contributed by atoms with Crippen molar-refractivity contribution in [3.05, 3.63) is 72.2 Å². The van der Waals surface area contributed by atoms with Crippen molar-refractivity contribution in [1.29, 1.82) is 0 Å². The normalized spacial score (nSPS) is 26.1. The largest absolute Gasteiger partial charge is 0.490 e. The number of fused-ring (bicyclic) bond motifs is 2. The van der Waals surface area contributed by atoms with Crippen LogP contribution in [0.4, 0.5) is 15.6 Å². The molecule has 5 aliphatic rings. The fraction of sp³-hybridized carbons (Fsp3) is 0.489. The Bertz CT molecular complexity index is 2380. The molecule has 13 heteroatoms. The van der Waals surface area contributed by atoms with E-state index in [1.807, 2.05) is 75.4 Å². The standard InChI is InChI=1S/C45H52N6O6S/c1-28-35(30-10-9-15-46-37(30)38(53)57-41(2,3)4)36(49-51(28)27-44-22-42(5)21-43(6,23-44)25-45(24-42,26-44)56-19-17-52)29-13-14-33-32(20-29)50(16-18-55-33)40(54)48-39-47-31-11-7-8-12-34(31)58-39/h7-15,20,52H,16-19,21-27H2,1-6H3,(H,47,48,54). The minimum absolute atomic E-state index is 0.00510. The number of aromatic nitrogens is 4. The van der Waals surface area contributed by atoms with E-state index in [2.05, 4.69) is 40.7 Å². The number of ether oxygens (including phenoxy) is 3. The molecule has 304 valence electrons. The van der Waals surface area contributed by atoms with E-state index in [9.17, 15) is 14.7 Å². The summed E-state index contributed by atoms with van der Waals surface area (Å²) in [5.41, 5.74) is 4.56. The summed E-state index contributed by atoms with van der Waals surface area (Å²) in [5.74, 6) is 0.0776. The number of hydrogen-bond acceptors (Lipinski definition) is 10. The molecule has 3 aromatic heterocycles. The van der Waals surface area contributed by atoms with Crippen molar-refractivity contribution >= 4 is 44.4 Å². The van der Waals surface area contributed by atoms with Crippen LogP contribution in [-0.4, -0.2) is 74.4 Å². The number of nitrogens with zero attached hydrogens (tertiary/aromatic N) is 5. The van der Waals surface area contributed by atoms with E-state index >= 15 is 0 Å². The molecule has 0 saturated heterocycles. The Balaban J connectivity index is 1.14. The molecule has 0 spiro atoms. The predicted octanol–water partition coefficient (Wildman–Crippen LogP) is 9.04. The third-order valence-electron chi connectivity index (χ3n) is 12.4. The van der Waals surface area contributed by atoms with Crippen LogP contribution in [-0.2, 0) is 16.0 Å². The number of pyridine rings is 1. The zero-order valence-corrected chi connectivity index (χ0v) is 35.0. The van der Waals surface area contributed by atoms with Gasteiger partial charge in [0.15, 0.2) is 10.8 Å². The molecule has 1 aliphatic heterocycles. The smallest absolute Gasteiger partial charge is 0.358 e. The first kappa shape index (κ1) is 38.7. The van der Waals surface area contributed by atoms with Gasteiger partial charge < -0.3 is 19.3 Å². The molecule has 2 atom stereocenters. The van der Waals surface area contributed by atoms with Crippen LogP contribution in [0.25, 0.3) is 32.6 Å². The Morgan fingerprint density at radius 3 is 2.52 bits per heavy atom. The van der Waals surface area contributed by atoms with Gasteiger partial charge in [0, 0.05) is 35.1 Å². The molecule has 4 bridgehead atoms. The summed E-state index contributed by atoms with van der Waals surface area (Å²) in [5, 5.41) is 18.8. The summed E-state index contributed by atoms with van der Waals surface area (Å²) in [4.78, 5) is 38.7. The fourth-order valence-electron chi connectivity index (χ4n) is 11.7. The van der Waals surface area contributed by atoms with E-state index in [0.717, 1.165) is 65.6 Å². The van der Waals surface area contributed by atoms with Crippen LogP contribution in [0, 0.1) is 23.2 Å². The third kappa shape index (κ3) is 7.04. The van der Waals surface area contributed by atoms with Gasteiger partial charge in [-0.15, -0.1) is 0 Å². The molecular formula is C45H52N6O6S. The number of benzene rings is 2. The highest BCUT2D eigenvalue weighted by molar-refractivity contribution is 7.22. The van der Waals surface area contributed by atoms with Gasteiger partial charge in [-0.25, -0.2) is 19.6 Å². The van der Waals surface area contributed by atoms with Gasteiger partial charge in [0.25, 0.3) is 0 Å². The number of aliphatic hydroxyl groups is 1. The lowest BCUT2D eigenvalue weighted by Crippen LogP contribution is -2.64. The number of amides is 2. The Labute approximate surface area is 342 Å². The maximum Gasteiger partial charge on any atom is 0.358 e. The summed E-state index contributed by atoms with van der Waals surface area (Å²) in [6.45, 7) is 14.1. The van der Waals surface area contributed by atoms with Crippen molar-refractivity contribution in [2.75, 3.05) is 36.6 Å². The quantitative estimate of drug-likeness (QED) is 0.140. The van der Waals surface area contributed by atoms with Crippen molar-refractivity contribution in [3.63, 3.8) is 0 Å². The number of urea groups is 1. The van der Waals surface area contributed by atoms with E-state index in [4.69, 9.17) is 19.3 Å². The minimum atomic E-state index is -0.722. The summed E-state index contributed by atoms with van der Waals surface area (Å²) in [6, 6.07) is 17.1. The lowest BCUT2D eigenvalue weighted by molar-refractivity contribution is -0.250. The molecule has 4 saturated carbocycles. The summed E-state index contributed by atoms with van der Waals surface area (Å²) in [7, 11) is 0. The molecule has 0 radical (unpaired) electrons. The van der Waals surface area contributed by atoms with Crippen molar-refractivity contribution in [3.8, 4) is 28.1 Å². The topological polar surface area (TPSA) is 141 Å². The van der Waals surface area contributed by atoms with Gasteiger partial charge in [-0.2, -0.15) is 5.10 Å². The average Bonchev–Trinajstić information content (AvgIpc) is 3.70. The number of carbonyl (C=O) groups excluding carboxylic acids is 2. The maximum atomic E-state index is 14.0. The van der Waals surface area contributed by atoms with Crippen LogP contribution >= 0.6 is 11.3 Å². The molecular weight excluding hydrogens is 753 g/mol. The molecule has 12 nitrogen and oxygen atoms in total. The molecule has 2 N–H and O–H groups in total. The zero-order valence-electron chi connectivity index (χ0n) is 34.2. The molecule has 2 unspecified atom stereocenters. The summed E-state index contributed by atoms with van der Waals surface area (Å²) < 4.78 is 21.7. The van der Waals surface area contributed by atoms with E-state index < -0.39 is 11.6 Å². The van der Waals surface area contributed by atoms with Crippen LogP contribution in [0.1, 0.15) is 89.3 Å². The van der Waals surface area contributed by atoms with Crippen LogP contribution in [0.5, 0.6) is 5.75 Å². The number of para-hydroxylation sites is 1. The number of hydrogen-bond donors (Lipinski definition) is 2. The molecule has 2 amide bonds. The van der Waals surface area contributed by atoms with Gasteiger partial charge in [-0.05, 0) is 119 Å². The highest BCUT2D eigenvalue weighted by Gasteiger charge is 2.66. The summed E-state index contributed by atoms with van der Waals surface area (Å²) in [6.07, 6.45) is 7.81. The second kappa shape index (κ2) is 13.9. The number of esters is 1. The number of thiazole rings is 1. The summed E-state index contributed by atoms with van der Waals surface area (Å²) >= 11 is 1.43. The molecule has 58 heavy (non-hydrogen) atoms. The minimum Gasteiger partial charge on any atom is -0.490 e. The fourth-order valence-corrected chi connectivity index (χ4v) is 12.6. The Kier molecular flexibility index (Phi) is 9.25. The van der Waals surface area contributed by atoms with Gasteiger partial charge in [0.2, 0.25) is 0 Å². The average molecular weight is 805 g/mol. The van der Waals surface area contributed by atoms with Gasteiger partial charge in [-0.3, -0.25) is 14.9 Å². The number of nitrogens with one attached hydrogen (secondary N) is 1. The van der Waals surface area contributed by atoms with Gasteiger partial charge in [-0.1, -0.05) is 43.4 Å². The van der Waals surface area contributed by atoms with Gasteiger partial charge in [0.05, 0.1) is 41.3 Å². The predicted molar refractivity (Wildman–Crippen MR) is 224 cm³/mol. The van der Waals surface area contributed by atoms with E-state index in [1.54, 1.807) is 11.1 Å². The number of anilines is 2. The monoisotopic (exact) mass is 804 g/mol. The molecule has 4 fully saturated rings. The first-order valence-corrected chi connectivity index (χ1v) is 21.1. The highest BCUT2D eigenvalue weighted by atomic mass is 32.1. The maximum absolute atomic E-state index is 14.0. The van der Waals surface area contributed by atoms with E-state index in [1.165, 1.54) is 11.3 Å². The Morgan fingerprint density at radius 1 is 1.00 bits per heavy atom. The second-order valence-corrected chi connectivity index (χ2v) is 19.9. The molecule has 10 rings (SSSR count). The van der Waals surface area contributed by atoms with Gasteiger partial charge >= 0.3 is 12.0 Å². The van der Waals surface area contributed by atoms with Crippen LogP contribution < -0.4 is 15.0 Å². The molecule has 4 aliphatic carbocycles. The highest BCUT2D eigenvalue weighted by Crippen LogP contribution is 2.72. The molecule has 4 heterocycles. The van der Waals surface area contributed by atoms with E-state index in [0.29, 0.717) is 54.1 Å². The van der Waals surface area contributed by atoms with Crippen molar-refractivity contribution in [2.24, 2.45) is 16.2 Å². The lowest BCUT2D eigenvalue weighted by atomic mass is 9.39. The molecule has 2 aromatic carbocycles. The first-order valence-electron chi connectivity index (χ1n) is 20.3. The van der Waals surface area contributed by atoms with E-state index in [-0.39, 0.29) is 40.2 Å². The number of rotatable bonds is 9. The van der Waals surface area contributed by atoms with Crippen molar-refractivity contribution in [1.82, 2.24) is 19.7 Å². The Hall–Kier alpha value is -4.85. The number of carbonyl (C=O) groups is 2. The lowest BCUT2D eigenvalue weighted by Gasteiger charge is -2.69. The molecule has 5 aromatic rings. The number of aliphatic hydroxyl groups excluding tert-OH is 1. The van der Waals surface area contributed by atoms with Crippen LogP contribution in [0.3, 0.4) is 0 Å². The Morgan fingerprint density at radius 2 is 1.78 bits per heavy atom.